The largest absolute Gasteiger partial charge is 0.307 e. The van der Waals surface area contributed by atoms with Gasteiger partial charge in [0.05, 0.1) is 6.54 Å². The fourth-order valence-electron chi connectivity index (χ4n) is 1.90. The second-order valence-corrected chi connectivity index (χ2v) is 3.14. The average Bonchev–Trinajstić information content (AvgIpc) is 2.28. The average molecular weight is 138 g/mol. The maximum absolute atomic E-state index is 3.23. The number of hydrogen-bond donors (Lipinski definition) is 1. The lowest BCUT2D eigenvalue weighted by molar-refractivity contribution is 0.270. The quantitative estimate of drug-likeness (QED) is 0.524. The van der Waals surface area contributed by atoms with E-state index in [-0.39, 0.29) is 0 Å². The van der Waals surface area contributed by atoms with Gasteiger partial charge in [0.1, 0.15) is 0 Å². The molecule has 1 atom stereocenters. The summed E-state index contributed by atoms with van der Waals surface area (Å²) >= 11 is 0. The molecule has 1 unspecified atom stereocenters. The van der Waals surface area contributed by atoms with Crippen LogP contribution in [0.1, 0.15) is 19.3 Å². The van der Waals surface area contributed by atoms with E-state index in [1.807, 2.05) is 0 Å². The van der Waals surface area contributed by atoms with E-state index in [0.717, 1.165) is 19.0 Å². The van der Waals surface area contributed by atoms with E-state index < -0.39 is 0 Å². The third kappa shape index (κ3) is 1.18. The molecule has 0 bridgehead atoms. The highest BCUT2D eigenvalue weighted by molar-refractivity contribution is 4.86. The molecule has 0 aromatic heterocycles. The molecule has 2 aliphatic heterocycles. The second kappa shape index (κ2) is 2.89. The Labute approximate surface area is 62.6 Å². The third-order valence-corrected chi connectivity index (χ3v) is 2.49. The Morgan fingerprint density at radius 3 is 3.40 bits per heavy atom. The van der Waals surface area contributed by atoms with Crippen molar-refractivity contribution >= 4 is 0 Å². The van der Waals surface area contributed by atoms with Gasteiger partial charge < -0.3 is 5.32 Å². The highest BCUT2D eigenvalue weighted by Gasteiger charge is 2.25. The summed E-state index contributed by atoms with van der Waals surface area (Å²) in [5.74, 6) is 0. The summed E-state index contributed by atoms with van der Waals surface area (Å²) in [7, 11) is 0. The van der Waals surface area contributed by atoms with Crippen LogP contribution in [-0.4, -0.2) is 30.6 Å². The molecule has 1 N–H and O–H groups in total. The van der Waals surface area contributed by atoms with Gasteiger partial charge in [-0.25, -0.2) is 0 Å². The number of nitrogens with one attached hydrogen (secondary N) is 1. The van der Waals surface area contributed by atoms with Crippen molar-refractivity contribution < 1.29 is 0 Å². The Balaban J connectivity index is 1.95. The van der Waals surface area contributed by atoms with Crippen molar-refractivity contribution in [2.45, 2.75) is 25.3 Å². The van der Waals surface area contributed by atoms with E-state index in [2.05, 4.69) is 16.8 Å². The Morgan fingerprint density at radius 2 is 2.40 bits per heavy atom. The number of hydrogen-bond acceptors (Lipinski definition) is 2. The minimum atomic E-state index is 0.815. The fraction of sp³-hybridized carbons (Fsp3) is 0.875. The van der Waals surface area contributed by atoms with Gasteiger partial charge in [0.2, 0.25) is 0 Å². The normalized spacial score (nSPS) is 35.4. The van der Waals surface area contributed by atoms with Gasteiger partial charge in [0.25, 0.3) is 0 Å². The summed E-state index contributed by atoms with van der Waals surface area (Å²) in [5.41, 5.74) is 0. The van der Waals surface area contributed by atoms with Crippen molar-refractivity contribution in [3.8, 4) is 0 Å². The first kappa shape index (κ1) is 6.62. The summed E-state index contributed by atoms with van der Waals surface area (Å²) in [6.07, 6.45) is 3.90. The smallest absolute Gasteiger partial charge is 0.0602 e. The zero-order chi connectivity index (χ0) is 6.81. The first-order valence-electron chi connectivity index (χ1n) is 4.16. The van der Waals surface area contributed by atoms with E-state index in [0.29, 0.717) is 0 Å². The van der Waals surface area contributed by atoms with E-state index in [1.165, 1.54) is 25.9 Å². The molecular formula is C8H14N2. The molecule has 10 heavy (non-hydrogen) atoms. The third-order valence-electron chi connectivity index (χ3n) is 2.49. The van der Waals surface area contributed by atoms with Crippen LogP contribution < -0.4 is 5.32 Å². The Kier molecular flexibility index (Phi) is 1.91. The molecule has 0 spiro atoms. The molecule has 2 heterocycles. The summed E-state index contributed by atoms with van der Waals surface area (Å²) in [6.45, 7) is 6.85. The number of fused-ring (bicyclic) bond motifs is 1. The van der Waals surface area contributed by atoms with Crippen molar-refractivity contribution in [2.75, 3.05) is 19.6 Å². The molecule has 0 aromatic carbocycles. The zero-order valence-electron chi connectivity index (χ0n) is 6.27. The van der Waals surface area contributed by atoms with E-state index >= 15 is 0 Å². The van der Waals surface area contributed by atoms with Gasteiger partial charge in [-0.2, -0.15) is 0 Å². The molecule has 2 radical (unpaired) electrons. The molecule has 2 aliphatic rings. The van der Waals surface area contributed by atoms with Crippen LogP contribution in [0.2, 0.25) is 0 Å². The maximum Gasteiger partial charge on any atom is 0.0602 e. The molecule has 0 amide bonds. The molecule has 2 saturated heterocycles. The Morgan fingerprint density at radius 1 is 1.40 bits per heavy atom. The second-order valence-electron chi connectivity index (χ2n) is 3.14. The van der Waals surface area contributed by atoms with Crippen LogP contribution >= 0.6 is 0 Å². The minimum absolute atomic E-state index is 0.815. The van der Waals surface area contributed by atoms with Gasteiger partial charge in [-0.15, -0.1) is 0 Å². The first-order chi connectivity index (χ1) is 4.97. The van der Waals surface area contributed by atoms with Crippen LogP contribution in [0.25, 0.3) is 0 Å². The number of rotatable bonds is 0. The van der Waals surface area contributed by atoms with Crippen LogP contribution in [-0.2, 0) is 0 Å². The van der Waals surface area contributed by atoms with E-state index in [9.17, 15) is 0 Å². The van der Waals surface area contributed by atoms with Crippen molar-refractivity contribution in [3.05, 3.63) is 6.54 Å². The molecular weight excluding hydrogens is 124 g/mol. The van der Waals surface area contributed by atoms with Gasteiger partial charge in [-0.05, 0) is 25.8 Å². The number of nitrogens with zero attached hydrogens (tertiary/aromatic N) is 1. The Hall–Kier alpha value is -0.0800. The summed E-state index contributed by atoms with van der Waals surface area (Å²) in [4.78, 5) is 2.58. The van der Waals surface area contributed by atoms with E-state index in [1.54, 1.807) is 0 Å². The van der Waals surface area contributed by atoms with Gasteiger partial charge in [0, 0.05) is 19.1 Å². The predicted molar refractivity (Wildman–Crippen MR) is 40.5 cm³/mol. The topological polar surface area (TPSA) is 15.3 Å². The van der Waals surface area contributed by atoms with Crippen molar-refractivity contribution in [2.24, 2.45) is 0 Å². The highest BCUT2D eigenvalue weighted by Crippen LogP contribution is 2.20. The molecule has 2 nitrogen and oxygen atoms in total. The van der Waals surface area contributed by atoms with Crippen LogP contribution in [0.4, 0.5) is 0 Å². The maximum atomic E-state index is 3.23. The van der Waals surface area contributed by atoms with Crippen molar-refractivity contribution in [1.29, 1.82) is 0 Å². The highest BCUT2D eigenvalue weighted by atomic mass is 15.2. The molecule has 0 saturated carbocycles. The van der Waals surface area contributed by atoms with Gasteiger partial charge in [0.15, 0.2) is 0 Å². The van der Waals surface area contributed by atoms with Gasteiger partial charge in [-0.1, -0.05) is 0 Å². The molecule has 2 heteroatoms. The monoisotopic (exact) mass is 138 g/mol. The van der Waals surface area contributed by atoms with Crippen molar-refractivity contribution in [3.63, 3.8) is 0 Å². The van der Waals surface area contributed by atoms with Crippen molar-refractivity contribution in [1.82, 2.24) is 10.2 Å². The fourth-order valence-corrected chi connectivity index (χ4v) is 1.90. The summed E-state index contributed by atoms with van der Waals surface area (Å²) < 4.78 is 0. The summed E-state index contributed by atoms with van der Waals surface area (Å²) in [5, 5.41) is 3.18. The minimum Gasteiger partial charge on any atom is -0.307 e. The standard InChI is InChI=1S/C8H14N2/c1-2-8-3-4-9-5-7-10(8)6-1/h8-9H,1-3,5-7H2. The van der Waals surface area contributed by atoms with E-state index in [4.69, 9.17) is 0 Å². The molecule has 2 fully saturated rings. The first-order valence-corrected chi connectivity index (χ1v) is 4.16. The van der Waals surface area contributed by atoms with Gasteiger partial charge >= 0.3 is 0 Å². The van der Waals surface area contributed by atoms with Crippen LogP contribution in [0.5, 0.6) is 0 Å². The lowest BCUT2D eigenvalue weighted by Crippen LogP contribution is -2.30. The molecule has 56 valence electrons. The lowest BCUT2D eigenvalue weighted by atomic mass is 10.1. The van der Waals surface area contributed by atoms with Crippen LogP contribution in [0.15, 0.2) is 0 Å². The zero-order valence-corrected chi connectivity index (χ0v) is 6.27. The van der Waals surface area contributed by atoms with Crippen LogP contribution in [0.3, 0.4) is 0 Å². The Bertz CT molecular complexity index is 102. The molecule has 0 aromatic rings. The van der Waals surface area contributed by atoms with Crippen LogP contribution in [0, 0.1) is 6.54 Å². The summed E-state index contributed by atoms with van der Waals surface area (Å²) in [6, 6.07) is 0.815. The molecule has 0 aliphatic carbocycles. The molecule has 2 rings (SSSR count). The predicted octanol–water partition coefficient (Wildman–Crippen LogP) is 0.483. The van der Waals surface area contributed by atoms with Gasteiger partial charge in [-0.3, -0.25) is 4.90 Å². The lowest BCUT2D eigenvalue weighted by Gasteiger charge is -2.19. The SMILES string of the molecule is [C]1CC2CCCN2CCN1.